The molecule has 0 saturated heterocycles. The highest BCUT2D eigenvalue weighted by Crippen LogP contribution is 2.17. The maximum atomic E-state index is 12.0. The van der Waals surface area contributed by atoms with Crippen molar-refractivity contribution in [2.75, 3.05) is 0 Å². The molecule has 4 heteroatoms. The van der Waals surface area contributed by atoms with Crippen molar-refractivity contribution in [2.45, 2.75) is 19.0 Å². The van der Waals surface area contributed by atoms with Gasteiger partial charge in [0.2, 0.25) is 0 Å². The highest BCUT2D eigenvalue weighted by molar-refractivity contribution is 6.08. The van der Waals surface area contributed by atoms with E-state index in [4.69, 9.17) is 5.73 Å². The van der Waals surface area contributed by atoms with Crippen LogP contribution in [0.15, 0.2) is 42.5 Å². The fraction of sp³-hybridized carbons (Fsp3) is 0.231. The predicted molar refractivity (Wildman–Crippen MR) is 63.7 cm³/mol. The number of amides is 2. The lowest BCUT2D eigenvalue weighted by atomic mass is 9.97. The van der Waals surface area contributed by atoms with Gasteiger partial charge in [-0.2, -0.15) is 0 Å². The first kappa shape index (κ1) is 11.5. The molecular formula is C13H14N2O2. The van der Waals surface area contributed by atoms with Gasteiger partial charge in [-0.3, -0.25) is 14.5 Å². The van der Waals surface area contributed by atoms with Crippen LogP contribution in [0, 0.1) is 0 Å². The standard InChI is InChI=1S/C13H14N2O2/c1-13(14)8-7-11(16)15(12(13)17)9-10-5-3-2-4-6-10/h2-8H,9,14H2,1H3/t13-/m0/s1. The SMILES string of the molecule is C[C@]1(N)C=CC(=O)N(Cc2ccccc2)C1=O. The van der Waals surface area contributed by atoms with Crippen molar-refractivity contribution in [3.63, 3.8) is 0 Å². The molecule has 0 radical (unpaired) electrons. The van der Waals surface area contributed by atoms with Crippen molar-refractivity contribution in [1.29, 1.82) is 0 Å². The number of rotatable bonds is 2. The Kier molecular flexibility index (Phi) is 2.81. The van der Waals surface area contributed by atoms with Crippen LogP contribution in [0.2, 0.25) is 0 Å². The fourth-order valence-electron chi connectivity index (χ4n) is 1.71. The van der Waals surface area contributed by atoms with Gasteiger partial charge in [0.05, 0.1) is 6.54 Å². The summed E-state index contributed by atoms with van der Waals surface area (Å²) in [6.45, 7) is 1.85. The van der Waals surface area contributed by atoms with Gasteiger partial charge in [-0.1, -0.05) is 36.4 Å². The molecule has 0 bridgehead atoms. The number of imide groups is 1. The highest BCUT2D eigenvalue weighted by atomic mass is 16.2. The van der Waals surface area contributed by atoms with Crippen LogP contribution in [0.25, 0.3) is 0 Å². The first-order chi connectivity index (χ1) is 8.00. The summed E-state index contributed by atoms with van der Waals surface area (Å²) in [7, 11) is 0. The van der Waals surface area contributed by atoms with E-state index in [0.29, 0.717) is 0 Å². The third-order valence-electron chi connectivity index (χ3n) is 2.73. The van der Waals surface area contributed by atoms with Crippen molar-refractivity contribution < 1.29 is 9.59 Å². The van der Waals surface area contributed by atoms with Crippen LogP contribution in [0.5, 0.6) is 0 Å². The molecule has 0 fully saturated rings. The lowest BCUT2D eigenvalue weighted by Crippen LogP contribution is -2.55. The van der Waals surface area contributed by atoms with Gasteiger partial charge in [-0.15, -0.1) is 0 Å². The molecule has 0 saturated carbocycles. The van der Waals surface area contributed by atoms with Gasteiger partial charge in [-0.25, -0.2) is 0 Å². The first-order valence-electron chi connectivity index (χ1n) is 5.39. The van der Waals surface area contributed by atoms with E-state index in [-0.39, 0.29) is 18.4 Å². The number of carbonyl (C=O) groups is 2. The van der Waals surface area contributed by atoms with Gasteiger partial charge in [0.15, 0.2) is 0 Å². The minimum absolute atomic E-state index is 0.260. The lowest BCUT2D eigenvalue weighted by Gasteiger charge is -2.31. The Bertz CT molecular complexity index is 477. The first-order valence-corrected chi connectivity index (χ1v) is 5.39. The van der Waals surface area contributed by atoms with Gasteiger partial charge in [0, 0.05) is 6.08 Å². The molecule has 1 aliphatic rings. The number of nitrogens with two attached hydrogens (primary N) is 1. The summed E-state index contributed by atoms with van der Waals surface area (Å²) in [6.07, 6.45) is 2.80. The molecule has 0 unspecified atom stereocenters. The Balaban J connectivity index is 2.24. The Morgan fingerprint density at radius 1 is 1.24 bits per heavy atom. The summed E-state index contributed by atoms with van der Waals surface area (Å²) in [4.78, 5) is 24.8. The average Bonchev–Trinajstić information content (AvgIpc) is 2.32. The van der Waals surface area contributed by atoms with Crippen molar-refractivity contribution in [1.82, 2.24) is 4.90 Å². The zero-order valence-electron chi connectivity index (χ0n) is 9.59. The molecule has 88 valence electrons. The molecule has 1 aliphatic heterocycles. The third kappa shape index (κ3) is 2.26. The molecule has 1 heterocycles. The molecule has 2 rings (SSSR count). The van der Waals surface area contributed by atoms with Gasteiger partial charge >= 0.3 is 0 Å². The van der Waals surface area contributed by atoms with Crippen molar-refractivity contribution >= 4 is 11.8 Å². The van der Waals surface area contributed by atoms with Crippen LogP contribution in [-0.4, -0.2) is 22.3 Å². The van der Waals surface area contributed by atoms with Crippen LogP contribution in [-0.2, 0) is 16.1 Å². The van der Waals surface area contributed by atoms with E-state index in [1.165, 1.54) is 17.1 Å². The van der Waals surface area contributed by atoms with Crippen LogP contribution >= 0.6 is 0 Å². The number of hydrogen-bond acceptors (Lipinski definition) is 3. The molecule has 2 amide bonds. The van der Waals surface area contributed by atoms with E-state index >= 15 is 0 Å². The van der Waals surface area contributed by atoms with Crippen LogP contribution in [0.4, 0.5) is 0 Å². The Morgan fingerprint density at radius 2 is 1.88 bits per heavy atom. The second-order valence-electron chi connectivity index (χ2n) is 4.33. The molecular weight excluding hydrogens is 216 g/mol. The zero-order chi connectivity index (χ0) is 12.5. The van der Waals surface area contributed by atoms with Gasteiger partial charge in [0.25, 0.3) is 11.8 Å². The Hall–Kier alpha value is -1.94. The summed E-state index contributed by atoms with van der Waals surface area (Å²) in [5, 5.41) is 0. The van der Waals surface area contributed by atoms with Crippen molar-refractivity contribution in [2.24, 2.45) is 5.73 Å². The quantitative estimate of drug-likeness (QED) is 0.765. The highest BCUT2D eigenvalue weighted by Gasteiger charge is 2.36. The lowest BCUT2D eigenvalue weighted by molar-refractivity contribution is -0.146. The molecule has 1 atom stereocenters. The zero-order valence-corrected chi connectivity index (χ0v) is 9.59. The minimum atomic E-state index is -1.09. The van der Waals surface area contributed by atoms with Crippen molar-refractivity contribution in [3.05, 3.63) is 48.0 Å². The molecule has 0 aromatic heterocycles. The molecule has 2 N–H and O–H groups in total. The van der Waals surface area contributed by atoms with Crippen LogP contribution < -0.4 is 5.73 Å². The second kappa shape index (κ2) is 4.14. The normalized spacial score (nSPS) is 24.2. The number of benzene rings is 1. The molecule has 0 spiro atoms. The largest absolute Gasteiger partial charge is 0.314 e. The van der Waals surface area contributed by atoms with E-state index in [1.807, 2.05) is 30.3 Å². The smallest absolute Gasteiger partial charge is 0.253 e. The monoisotopic (exact) mass is 230 g/mol. The summed E-state index contributed by atoms with van der Waals surface area (Å²) >= 11 is 0. The minimum Gasteiger partial charge on any atom is -0.314 e. The molecule has 0 aliphatic carbocycles. The van der Waals surface area contributed by atoms with E-state index in [1.54, 1.807) is 6.92 Å². The number of carbonyl (C=O) groups excluding carboxylic acids is 2. The Labute approximate surface area is 99.7 Å². The van der Waals surface area contributed by atoms with Crippen LogP contribution in [0.3, 0.4) is 0 Å². The van der Waals surface area contributed by atoms with Crippen molar-refractivity contribution in [3.8, 4) is 0 Å². The predicted octanol–water partition coefficient (Wildman–Crippen LogP) is 0.829. The number of nitrogens with zero attached hydrogens (tertiary/aromatic N) is 1. The topological polar surface area (TPSA) is 63.4 Å². The fourth-order valence-corrected chi connectivity index (χ4v) is 1.71. The summed E-state index contributed by atoms with van der Waals surface area (Å²) in [6, 6.07) is 9.35. The second-order valence-corrected chi connectivity index (χ2v) is 4.33. The van der Waals surface area contributed by atoms with Gasteiger partial charge < -0.3 is 5.73 Å². The molecule has 1 aromatic rings. The number of hydrogen-bond donors (Lipinski definition) is 1. The summed E-state index contributed by atoms with van der Waals surface area (Å²) in [5.41, 5.74) is 5.61. The van der Waals surface area contributed by atoms with Crippen LogP contribution in [0.1, 0.15) is 12.5 Å². The molecule has 1 aromatic carbocycles. The molecule has 17 heavy (non-hydrogen) atoms. The van der Waals surface area contributed by atoms with E-state index in [0.717, 1.165) is 5.56 Å². The van der Waals surface area contributed by atoms with E-state index in [9.17, 15) is 9.59 Å². The third-order valence-corrected chi connectivity index (χ3v) is 2.73. The maximum Gasteiger partial charge on any atom is 0.253 e. The summed E-state index contributed by atoms with van der Waals surface area (Å²) in [5.74, 6) is -0.685. The van der Waals surface area contributed by atoms with E-state index in [2.05, 4.69) is 0 Å². The molecule has 4 nitrogen and oxygen atoms in total. The average molecular weight is 230 g/mol. The van der Waals surface area contributed by atoms with Gasteiger partial charge in [-0.05, 0) is 12.5 Å². The Morgan fingerprint density at radius 3 is 2.53 bits per heavy atom. The summed E-state index contributed by atoms with van der Waals surface area (Å²) < 4.78 is 0. The van der Waals surface area contributed by atoms with Gasteiger partial charge in [0.1, 0.15) is 5.54 Å². The maximum absolute atomic E-state index is 12.0. The van der Waals surface area contributed by atoms with E-state index < -0.39 is 5.54 Å².